The Balaban J connectivity index is 1.44. The lowest BCUT2D eigenvalue weighted by Gasteiger charge is -2.08. The van der Waals surface area contributed by atoms with Gasteiger partial charge in [-0.05, 0) is 53.9 Å². The maximum Gasteiger partial charge on any atom is 0.338 e. The number of nitrogens with one attached hydrogen (secondary N) is 1. The molecule has 0 aliphatic rings. The van der Waals surface area contributed by atoms with Crippen LogP contribution >= 0.6 is 27.3 Å². The molecule has 1 amide bonds. The third-order valence-electron chi connectivity index (χ3n) is 4.27. The summed E-state index contributed by atoms with van der Waals surface area (Å²) in [6.45, 7) is -0.0700. The van der Waals surface area contributed by atoms with Crippen LogP contribution in [-0.4, -0.2) is 11.9 Å². The van der Waals surface area contributed by atoms with E-state index in [9.17, 15) is 14.4 Å². The van der Waals surface area contributed by atoms with E-state index in [4.69, 9.17) is 9.15 Å². The van der Waals surface area contributed by atoms with Gasteiger partial charge in [-0.2, -0.15) is 0 Å². The predicted octanol–water partition coefficient (Wildman–Crippen LogP) is 5.23. The number of halogens is 1. The van der Waals surface area contributed by atoms with Crippen molar-refractivity contribution in [1.82, 2.24) is 0 Å². The molecule has 0 fully saturated rings. The SMILES string of the molecule is O=C(OCc1cc(=O)oc2cc(Br)ccc12)c1ccc(NC(=O)c2cccs2)cc1. The van der Waals surface area contributed by atoms with Gasteiger partial charge in [0.25, 0.3) is 5.91 Å². The Labute approximate surface area is 183 Å². The van der Waals surface area contributed by atoms with Crippen molar-refractivity contribution in [2.24, 2.45) is 0 Å². The minimum Gasteiger partial charge on any atom is -0.457 e. The molecule has 4 rings (SSSR count). The summed E-state index contributed by atoms with van der Waals surface area (Å²) in [4.78, 5) is 36.9. The van der Waals surface area contributed by atoms with Gasteiger partial charge >= 0.3 is 11.6 Å². The van der Waals surface area contributed by atoms with E-state index in [0.29, 0.717) is 32.7 Å². The summed E-state index contributed by atoms with van der Waals surface area (Å²) in [6.07, 6.45) is 0. The zero-order chi connectivity index (χ0) is 21.1. The topological polar surface area (TPSA) is 85.6 Å². The molecule has 2 aromatic carbocycles. The minimum atomic E-state index is -0.537. The number of carbonyl (C=O) groups is 2. The van der Waals surface area contributed by atoms with E-state index in [1.807, 2.05) is 11.4 Å². The normalized spacial score (nSPS) is 10.7. The second-order valence-electron chi connectivity index (χ2n) is 6.32. The van der Waals surface area contributed by atoms with Crippen molar-refractivity contribution in [3.05, 3.63) is 96.9 Å². The predicted molar refractivity (Wildman–Crippen MR) is 118 cm³/mol. The molecule has 150 valence electrons. The highest BCUT2D eigenvalue weighted by Crippen LogP contribution is 2.22. The first-order chi connectivity index (χ1) is 14.5. The number of esters is 1. The molecular formula is C22H14BrNO5S. The molecule has 2 heterocycles. The average Bonchev–Trinajstić information content (AvgIpc) is 3.27. The number of hydrogen-bond acceptors (Lipinski definition) is 6. The van der Waals surface area contributed by atoms with Crippen molar-refractivity contribution in [2.45, 2.75) is 6.61 Å². The summed E-state index contributed by atoms with van der Waals surface area (Å²) < 4.78 is 11.3. The first-order valence-electron chi connectivity index (χ1n) is 8.84. The Kier molecular flexibility index (Phi) is 5.78. The number of fused-ring (bicyclic) bond motifs is 1. The highest BCUT2D eigenvalue weighted by Gasteiger charge is 2.12. The van der Waals surface area contributed by atoms with Crippen molar-refractivity contribution in [3.8, 4) is 0 Å². The fourth-order valence-corrected chi connectivity index (χ4v) is 3.80. The second-order valence-corrected chi connectivity index (χ2v) is 8.18. The number of thiophene rings is 1. The number of ether oxygens (including phenoxy) is 1. The number of amides is 1. The van der Waals surface area contributed by atoms with Gasteiger partial charge in [-0.3, -0.25) is 4.79 Å². The molecular weight excluding hydrogens is 470 g/mol. The zero-order valence-electron chi connectivity index (χ0n) is 15.4. The maximum atomic E-state index is 12.4. The molecule has 0 saturated heterocycles. The minimum absolute atomic E-state index is 0.0700. The first-order valence-corrected chi connectivity index (χ1v) is 10.5. The molecule has 0 radical (unpaired) electrons. The molecule has 6 nitrogen and oxygen atoms in total. The summed E-state index contributed by atoms with van der Waals surface area (Å²) in [7, 11) is 0. The standard InChI is InChI=1S/C22H14BrNO5S/c23-15-5-8-17-14(10-20(25)29-18(17)11-15)12-28-22(27)13-3-6-16(7-4-13)24-21(26)19-2-1-9-30-19/h1-11H,12H2,(H,24,26). The van der Waals surface area contributed by atoms with Gasteiger partial charge in [0.1, 0.15) is 12.2 Å². The van der Waals surface area contributed by atoms with Crippen molar-refractivity contribution in [1.29, 1.82) is 0 Å². The van der Waals surface area contributed by atoms with E-state index < -0.39 is 11.6 Å². The van der Waals surface area contributed by atoms with Crippen LogP contribution < -0.4 is 10.9 Å². The summed E-state index contributed by atoms with van der Waals surface area (Å²) in [5, 5.41) is 5.29. The van der Waals surface area contributed by atoms with Gasteiger partial charge in [0.2, 0.25) is 0 Å². The molecule has 30 heavy (non-hydrogen) atoms. The zero-order valence-corrected chi connectivity index (χ0v) is 17.8. The van der Waals surface area contributed by atoms with Gasteiger partial charge in [-0.25, -0.2) is 9.59 Å². The van der Waals surface area contributed by atoms with Crippen molar-refractivity contribution >= 4 is 55.8 Å². The van der Waals surface area contributed by atoms with Crippen LogP contribution in [0.4, 0.5) is 5.69 Å². The Bertz CT molecular complexity index is 1280. The highest BCUT2D eigenvalue weighted by molar-refractivity contribution is 9.10. The lowest BCUT2D eigenvalue weighted by Crippen LogP contribution is -2.11. The third-order valence-corrected chi connectivity index (χ3v) is 5.64. The van der Waals surface area contributed by atoms with E-state index in [1.165, 1.54) is 17.4 Å². The van der Waals surface area contributed by atoms with E-state index in [2.05, 4.69) is 21.2 Å². The largest absolute Gasteiger partial charge is 0.457 e. The van der Waals surface area contributed by atoms with E-state index in [0.717, 1.165) is 4.47 Å². The lowest BCUT2D eigenvalue weighted by molar-refractivity contribution is 0.0474. The molecule has 0 spiro atoms. The van der Waals surface area contributed by atoms with Crippen molar-refractivity contribution in [3.63, 3.8) is 0 Å². The number of rotatable bonds is 5. The average molecular weight is 484 g/mol. The monoisotopic (exact) mass is 483 g/mol. The van der Waals surface area contributed by atoms with Crippen LogP contribution in [0.1, 0.15) is 25.6 Å². The van der Waals surface area contributed by atoms with Crippen LogP contribution in [0.5, 0.6) is 0 Å². The van der Waals surface area contributed by atoms with Crippen LogP contribution in [-0.2, 0) is 11.3 Å². The maximum absolute atomic E-state index is 12.4. The molecule has 4 aromatic rings. The summed E-state index contributed by atoms with van der Waals surface area (Å²) in [6, 6.07) is 16.5. The molecule has 0 aliphatic carbocycles. The Morgan fingerprint density at radius 1 is 1.07 bits per heavy atom. The molecule has 0 unspecified atom stereocenters. The Morgan fingerprint density at radius 2 is 1.87 bits per heavy atom. The number of hydrogen-bond donors (Lipinski definition) is 1. The number of carbonyl (C=O) groups excluding carboxylic acids is 2. The van der Waals surface area contributed by atoms with Crippen molar-refractivity contribution < 1.29 is 18.7 Å². The summed E-state index contributed by atoms with van der Waals surface area (Å²) >= 11 is 4.68. The molecule has 0 atom stereocenters. The van der Waals surface area contributed by atoms with Gasteiger partial charge < -0.3 is 14.5 Å². The summed E-state index contributed by atoms with van der Waals surface area (Å²) in [5.74, 6) is -0.744. The van der Waals surface area contributed by atoms with Crippen LogP contribution in [0.25, 0.3) is 11.0 Å². The molecule has 2 aromatic heterocycles. The number of anilines is 1. The number of benzene rings is 2. The summed E-state index contributed by atoms with van der Waals surface area (Å²) in [5.41, 5.74) is 1.36. The smallest absolute Gasteiger partial charge is 0.338 e. The van der Waals surface area contributed by atoms with Crippen LogP contribution in [0, 0.1) is 0 Å². The highest BCUT2D eigenvalue weighted by atomic mass is 79.9. The van der Waals surface area contributed by atoms with E-state index in [1.54, 1.807) is 48.5 Å². The van der Waals surface area contributed by atoms with Gasteiger partial charge in [0, 0.05) is 27.2 Å². The van der Waals surface area contributed by atoms with Gasteiger partial charge in [0.05, 0.1) is 10.4 Å². The quantitative estimate of drug-likeness (QED) is 0.310. The fraction of sp³-hybridized carbons (Fsp3) is 0.0455. The fourth-order valence-electron chi connectivity index (χ4n) is 2.84. The van der Waals surface area contributed by atoms with E-state index in [-0.39, 0.29) is 12.5 Å². The lowest BCUT2D eigenvalue weighted by atomic mass is 10.1. The molecule has 1 N–H and O–H groups in total. The third kappa shape index (κ3) is 4.50. The Morgan fingerprint density at radius 3 is 2.60 bits per heavy atom. The van der Waals surface area contributed by atoms with Gasteiger partial charge in [0.15, 0.2) is 0 Å². The molecule has 0 bridgehead atoms. The van der Waals surface area contributed by atoms with Gasteiger partial charge in [-0.15, -0.1) is 11.3 Å². The van der Waals surface area contributed by atoms with Crippen LogP contribution in [0.3, 0.4) is 0 Å². The molecule has 8 heteroatoms. The van der Waals surface area contributed by atoms with E-state index >= 15 is 0 Å². The van der Waals surface area contributed by atoms with Crippen molar-refractivity contribution in [2.75, 3.05) is 5.32 Å². The van der Waals surface area contributed by atoms with Crippen LogP contribution in [0.2, 0.25) is 0 Å². The molecule has 0 aliphatic heterocycles. The Hall–Kier alpha value is -3.23. The first kappa shape index (κ1) is 20.1. The van der Waals surface area contributed by atoms with Gasteiger partial charge in [-0.1, -0.05) is 22.0 Å². The van der Waals surface area contributed by atoms with Crippen LogP contribution in [0.15, 0.2) is 79.7 Å². The molecule has 0 saturated carbocycles. The second kappa shape index (κ2) is 8.64.